The van der Waals surface area contributed by atoms with E-state index in [4.69, 9.17) is 16.3 Å². The van der Waals surface area contributed by atoms with Crippen molar-refractivity contribution in [3.8, 4) is 5.75 Å². The molecule has 2 aromatic rings. The first kappa shape index (κ1) is 17.5. The average molecular weight is 380 g/mol. The Bertz CT molecular complexity index is 715. The van der Waals surface area contributed by atoms with E-state index in [0.717, 1.165) is 5.56 Å². The minimum Gasteiger partial charge on any atom is -0.484 e. The Morgan fingerprint density at radius 2 is 1.92 bits per heavy atom. The van der Waals surface area contributed by atoms with Crippen molar-refractivity contribution in [2.24, 2.45) is 0 Å². The van der Waals surface area contributed by atoms with Gasteiger partial charge < -0.3 is 10.1 Å². The van der Waals surface area contributed by atoms with Crippen LogP contribution in [0, 0.1) is 6.92 Å². The van der Waals surface area contributed by atoms with Crippen LogP contribution in [0.2, 0.25) is 5.02 Å². The monoisotopic (exact) mass is 379 g/mol. The number of nitrogens with one attached hydrogen (secondary N) is 1. The van der Waals surface area contributed by atoms with Crippen molar-refractivity contribution >= 4 is 46.7 Å². The standard InChI is InChI=1S/C18H18ClNO2S2/c1-12-2-5-14(10-16(12)19)20-17(21)11-22-15-6-3-13(4-7-15)18-23-8-9-24-18/h2-7,10,18H,8-9,11H2,1H3,(H,20,21). The third-order valence-corrected chi connectivity index (χ3v) is 7.11. The highest BCUT2D eigenvalue weighted by molar-refractivity contribution is 8.19. The van der Waals surface area contributed by atoms with Crippen molar-refractivity contribution < 1.29 is 9.53 Å². The summed E-state index contributed by atoms with van der Waals surface area (Å²) in [6, 6.07) is 13.4. The molecule has 0 aliphatic carbocycles. The van der Waals surface area contributed by atoms with E-state index in [1.165, 1.54) is 17.1 Å². The molecule has 1 heterocycles. The van der Waals surface area contributed by atoms with Crippen LogP contribution in [0.4, 0.5) is 5.69 Å². The highest BCUT2D eigenvalue weighted by Gasteiger charge is 2.18. The van der Waals surface area contributed by atoms with Gasteiger partial charge in [-0.1, -0.05) is 29.8 Å². The maximum atomic E-state index is 12.0. The van der Waals surface area contributed by atoms with Crippen LogP contribution < -0.4 is 10.1 Å². The smallest absolute Gasteiger partial charge is 0.262 e. The quantitative estimate of drug-likeness (QED) is 0.780. The van der Waals surface area contributed by atoms with Crippen LogP contribution in [0.5, 0.6) is 5.75 Å². The first-order valence-corrected chi connectivity index (χ1v) is 10.1. The molecule has 2 aromatic carbocycles. The van der Waals surface area contributed by atoms with E-state index in [0.29, 0.717) is 21.0 Å². The van der Waals surface area contributed by atoms with Crippen LogP contribution in [-0.4, -0.2) is 24.0 Å². The van der Waals surface area contributed by atoms with Gasteiger partial charge in [-0.25, -0.2) is 0 Å². The molecule has 1 aliphatic heterocycles. The van der Waals surface area contributed by atoms with Gasteiger partial charge in [0.1, 0.15) is 5.75 Å². The molecule has 0 spiro atoms. The number of ether oxygens (including phenoxy) is 1. The van der Waals surface area contributed by atoms with Gasteiger partial charge in [-0.2, -0.15) is 0 Å². The Hall–Kier alpha value is -1.30. The molecule has 3 rings (SSSR count). The lowest BCUT2D eigenvalue weighted by atomic mass is 10.2. The summed E-state index contributed by atoms with van der Waals surface area (Å²) in [4.78, 5) is 12.0. The summed E-state index contributed by atoms with van der Waals surface area (Å²) in [5.41, 5.74) is 2.95. The average Bonchev–Trinajstić information content (AvgIpc) is 3.11. The van der Waals surface area contributed by atoms with Crippen molar-refractivity contribution in [2.75, 3.05) is 23.4 Å². The van der Waals surface area contributed by atoms with Crippen molar-refractivity contribution in [1.29, 1.82) is 0 Å². The number of thioether (sulfide) groups is 2. The Morgan fingerprint density at radius 3 is 2.58 bits per heavy atom. The van der Waals surface area contributed by atoms with Crippen molar-refractivity contribution in [1.82, 2.24) is 0 Å². The topological polar surface area (TPSA) is 38.3 Å². The molecule has 0 radical (unpaired) electrons. The number of hydrogen-bond acceptors (Lipinski definition) is 4. The molecular formula is C18H18ClNO2S2. The predicted octanol–water partition coefficient (Wildman–Crippen LogP) is 5.14. The minimum absolute atomic E-state index is 0.0300. The Kier molecular flexibility index (Phi) is 5.98. The second-order valence-electron chi connectivity index (χ2n) is 5.44. The van der Waals surface area contributed by atoms with Gasteiger partial charge in [0.25, 0.3) is 5.91 Å². The maximum Gasteiger partial charge on any atom is 0.262 e. The minimum atomic E-state index is -0.207. The number of benzene rings is 2. The molecule has 0 aromatic heterocycles. The van der Waals surface area contributed by atoms with Gasteiger partial charge in [0, 0.05) is 22.2 Å². The lowest BCUT2D eigenvalue weighted by molar-refractivity contribution is -0.118. The van der Waals surface area contributed by atoms with Gasteiger partial charge in [0.15, 0.2) is 6.61 Å². The van der Waals surface area contributed by atoms with E-state index in [1.807, 2.05) is 54.7 Å². The van der Waals surface area contributed by atoms with Gasteiger partial charge in [0.2, 0.25) is 0 Å². The number of carbonyl (C=O) groups is 1. The normalized spacial score (nSPS) is 14.6. The molecule has 1 amide bonds. The molecule has 1 saturated heterocycles. The number of amides is 1. The largest absolute Gasteiger partial charge is 0.484 e. The van der Waals surface area contributed by atoms with Crippen LogP contribution in [0.1, 0.15) is 15.7 Å². The molecular weight excluding hydrogens is 362 g/mol. The lowest BCUT2D eigenvalue weighted by Crippen LogP contribution is -2.20. The van der Waals surface area contributed by atoms with Crippen molar-refractivity contribution in [3.63, 3.8) is 0 Å². The molecule has 126 valence electrons. The summed E-state index contributed by atoms with van der Waals surface area (Å²) < 4.78 is 6.07. The SMILES string of the molecule is Cc1ccc(NC(=O)COc2ccc(C3SCCS3)cc2)cc1Cl. The van der Waals surface area contributed by atoms with Crippen molar-refractivity contribution in [3.05, 3.63) is 58.6 Å². The fourth-order valence-electron chi connectivity index (χ4n) is 2.29. The summed E-state index contributed by atoms with van der Waals surface area (Å²) in [7, 11) is 0. The zero-order valence-electron chi connectivity index (χ0n) is 13.3. The Morgan fingerprint density at radius 1 is 1.21 bits per heavy atom. The third-order valence-electron chi connectivity index (χ3n) is 3.60. The molecule has 1 fully saturated rings. The van der Waals surface area contributed by atoms with Gasteiger partial charge >= 0.3 is 0 Å². The van der Waals surface area contributed by atoms with Crippen LogP contribution in [0.3, 0.4) is 0 Å². The predicted molar refractivity (Wildman–Crippen MR) is 104 cm³/mol. The molecule has 1 aliphatic rings. The molecule has 24 heavy (non-hydrogen) atoms. The number of aryl methyl sites for hydroxylation is 1. The Balaban J connectivity index is 1.51. The van der Waals surface area contributed by atoms with E-state index in [9.17, 15) is 4.79 Å². The van der Waals surface area contributed by atoms with E-state index in [1.54, 1.807) is 6.07 Å². The van der Waals surface area contributed by atoms with E-state index >= 15 is 0 Å². The first-order chi connectivity index (χ1) is 11.6. The number of hydrogen-bond donors (Lipinski definition) is 1. The number of halogens is 1. The van der Waals surface area contributed by atoms with Gasteiger partial charge in [-0.15, -0.1) is 23.5 Å². The second kappa shape index (κ2) is 8.19. The van der Waals surface area contributed by atoms with Crippen LogP contribution in [0.25, 0.3) is 0 Å². The van der Waals surface area contributed by atoms with Crippen LogP contribution in [0.15, 0.2) is 42.5 Å². The van der Waals surface area contributed by atoms with E-state index in [-0.39, 0.29) is 12.5 Å². The lowest BCUT2D eigenvalue weighted by Gasteiger charge is -2.11. The highest BCUT2D eigenvalue weighted by Crippen LogP contribution is 2.45. The zero-order valence-corrected chi connectivity index (χ0v) is 15.6. The summed E-state index contributed by atoms with van der Waals surface area (Å²) in [6.45, 7) is 1.89. The molecule has 0 saturated carbocycles. The molecule has 6 heteroatoms. The summed E-state index contributed by atoms with van der Waals surface area (Å²) >= 11 is 9.99. The third kappa shape index (κ3) is 4.62. The summed E-state index contributed by atoms with van der Waals surface area (Å²) in [5, 5.41) is 3.41. The first-order valence-electron chi connectivity index (χ1n) is 7.64. The van der Waals surface area contributed by atoms with E-state index in [2.05, 4.69) is 17.4 Å². The second-order valence-corrected chi connectivity index (χ2v) is 8.57. The molecule has 0 atom stereocenters. The van der Waals surface area contributed by atoms with Gasteiger partial charge in [-0.3, -0.25) is 4.79 Å². The zero-order chi connectivity index (χ0) is 16.9. The maximum absolute atomic E-state index is 12.0. The Labute approximate surface area is 155 Å². The molecule has 0 bridgehead atoms. The molecule has 0 unspecified atom stereocenters. The highest BCUT2D eigenvalue weighted by atomic mass is 35.5. The van der Waals surface area contributed by atoms with E-state index < -0.39 is 0 Å². The summed E-state index contributed by atoms with van der Waals surface area (Å²) in [6.07, 6.45) is 0. The number of carbonyl (C=O) groups excluding carboxylic acids is 1. The van der Waals surface area contributed by atoms with Crippen LogP contribution in [-0.2, 0) is 4.79 Å². The number of rotatable bonds is 5. The summed E-state index contributed by atoms with van der Waals surface area (Å²) in [5.74, 6) is 2.90. The molecule has 3 nitrogen and oxygen atoms in total. The number of anilines is 1. The fourth-order valence-corrected chi connectivity index (χ4v) is 5.33. The molecule has 1 N–H and O–H groups in total. The van der Waals surface area contributed by atoms with Gasteiger partial charge in [0.05, 0.1) is 4.58 Å². The fraction of sp³-hybridized carbons (Fsp3) is 0.278. The van der Waals surface area contributed by atoms with Crippen LogP contribution >= 0.6 is 35.1 Å². The van der Waals surface area contributed by atoms with Crippen molar-refractivity contribution in [2.45, 2.75) is 11.5 Å². The van der Waals surface area contributed by atoms with Gasteiger partial charge in [-0.05, 0) is 42.3 Å².